The Hall–Kier alpha value is 0.710. The van der Waals surface area contributed by atoms with Gasteiger partial charge in [-0.05, 0) is 23.0 Å². The zero-order valence-electron chi connectivity index (χ0n) is 16.8. The fourth-order valence-corrected chi connectivity index (χ4v) is 9.52. The Labute approximate surface area is 155 Å². The first-order valence-electron chi connectivity index (χ1n) is 9.34. The van der Waals surface area contributed by atoms with Gasteiger partial charge in [-0.1, -0.05) is 67.2 Å². The molecular formula is C18H40N2S3. The van der Waals surface area contributed by atoms with Crippen LogP contribution in [0.2, 0.25) is 0 Å². The molecule has 0 unspecified atom stereocenters. The number of rotatable bonds is 8. The van der Waals surface area contributed by atoms with Crippen molar-refractivity contribution < 1.29 is 0 Å². The van der Waals surface area contributed by atoms with Gasteiger partial charge in [0.25, 0.3) is 0 Å². The smallest absolute Gasteiger partial charge is 0.0821 e. The van der Waals surface area contributed by atoms with E-state index in [2.05, 4.69) is 77.0 Å². The SMILES string of the molecule is CCN(CC)C(SC(N(CC)CC)=S(CC)CC)=S(CC)CC. The van der Waals surface area contributed by atoms with E-state index in [1.807, 2.05) is 0 Å². The summed E-state index contributed by atoms with van der Waals surface area (Å²) in [5.74, 6) is 5.08. The van der Waals surface area contributed by atoms with E-state index in [1.165, 1.54) is 23.0 Å². The van der Waals surface area contributed by atoms with Crippen LogP contribution in [0, 0.1) is 0 Å². The molecule has 0 aliphatic rings. The van der Waals surface area contributed by atoms with Gasteiger partial charge in [-0.25, -0.2) is 0 Å². The summed E-state index contributed by atoms with van der Waals surface area (Å²) >= 11 is 2.13. The van der Waals surface area contributed by atoms with E-state index < -0.39 is 0 Å². The first-order chi connectivity index (χ1) is 11.1. The van der Waals surface area contributed by atoms with Gasteiger partial charge in [-0.2, -0.15) is 21.0 Å². The van der Waals surface area contributed by atoms with Crippen LogP contribution < -0.4 is 0 Å². The summed E-state index contributed by atoms with van der Waals surface area (Å²) in [7, 11) is 0.790. The van der Waals surface area contributed by atoms with Crippen molar-refractivity contribution >= 4 is 41.4 Å². The molecule has 0 aromatic carbocycles. The molecule has 0 N–H and O–H groups in total. The van der Waals surface area contributed by atoms with Crippen molar-refractivity contribution in [3.05, 3.63) is 0 Å². The average Bonchev–Trinajstić information content (AvgIpc) is 2.58. The maximum atomic E-state index is 2.61. The molecular weight excluding hydrogens is 340 g/mol. The standard InChI is InChI=1S/C18H40N2S3/c1-9-19(10-2)17(22(13-5)14-6)21-18(20(11-3)12-4)23(15-7)16-8/h9-16H2,1-8H3. The molecule has 140 valence electrons. The molecule has 0 spiro atoms. The Kier molecular flexibility index (Phi) is 14.4. The molecule has 0 fully saturated rings. The normalized spacial score (nSPS) is 12.0. The molecule has 23 heavy (non-hydrogen) atoms. The Morgan fingerprint density at radius 2 is 0.826 bits per heavy atom. The minimum atomic E-state index is 0.395. The third-order valence-electron chi connectivity index (χ3n) is 4.11. The summed E-state index contributed by atoms with van der Waals surface area (Å²) in [4.78, 5) is 5.22. The summed E-state index contributed by atoms with van der Waals surface area (Å²) in [6, 6.07) is 0. The van der Waals surface area contributed by atoms with E-state index in [0.29, 0.717) is 21.0 Å². The first kappa shape index (κ1) is 23.7. The molecule has 0 aromatic rings. The fraction of sp³-hybridized carbons (Fsp3) is 0.889. The highest BCUT2D eigenvalue weighted by atomic mass is 32.2. The van der Waals surface area contributed by atoms with E-state index in [-0.39, 0.29) is 0 Å². The van der Waals surface area contributed by atoms with Crippen LogP contribution in [-0.2, 0) is 0 Å². The third kappa shape index (κ3) is 7.23. The van der Waals surface area contributed by atoms with Crippen molar-refractivity contribution in [1.29, 1.82) is 0 Å². The Bertz CT molecular complexity index is 336. The monoisotopic (exact) mass is 380 g/mol. The summed E-state index contributed by atoms with van der Waals surface area (Å²) < 4.78 is 3.28. The Morgan fingerprint density at radius 1 is 0.565 bits per heavy atom. The van der Waals surface area contributed by atoms with Gasteiger partial charge in [0.05, 0.1) is 8.64 Å². The van der Waals surface area contributed by atoms with Crippen LogP contribution in [0.1, 0.15) is 55.4 Å². The van der Waals surface area contributed by atoms with Gasteiger partial charge < -0.3 is 0 Å². The molecule has 0 atom stereocenters. The van der Waals surface area contributed by atoms with Crippen LogP contribution in [0.5, 0.6) is 0 Å². The van der Waals surface area contributed by atoms with Gasteiger partial charge in [-0.3, -0.25) is 9.80 Å². The quantitative estimate of drug-likeness (QED) is 0.535. The number of hydrogen-bond donors (Lipinski definition) is 0. The third-order valence-corrected chi connectivity index (χ3v) is 11.2. The van der Waals surface area contributed by atoms with Crippen LogP contribution in [-0.4, -0.2) is 67.6 Å². The molecule has 0 bridgehead atoms. The summed E-state index contributed by atoms with van der Waals surface area (Å²) in [6.07, 6.45) is 0. The lowest BCUT2D eigenvalue weighted by Gasteiger charge is -2.31. The topological polar surface area (TPSA) is 6.48 Å². The minimum Gasteiger partial charge on any atom is -0.265 e. The molecule has 0 amide bonds. The maximum Gasteiger partial charge on any atom is 0.0821 e. The van der Waals surface area contributed by atoms with Crippen LogP contribution in [0.3, 0.4) is 0 Å². The van der Waals surface area contributed by atoms with Gasteiger partial charge in [0.2, 0.25) is 0 Å². The van der Waals surface area contributed by atoms with E-state index in [0.717, 1.165) is 26.2 Å². The first-order valence-corrected chi connectivity index (χ1v) is 13.3. The molecule has 5 heteroatoms. The van der Waals surface area contributed by atoms with E-state index in [9.17, 15) is 0 Å². The number of nitrogens with zero attached hydrogens (tertiary/aromatic N) is 2. The molecule has 0 rings (SSSR count). The van der Waals surface area contributed by atoms with E-state index in [1.54, 1.807) is 8.64 Å². The van der Waals surface area contributed by atoms with Gasteiger partial charge in [-0.15, -0.1) is 0 Å². The molecule has 2 nitrogen and oxygen atoms in total. The lowest BCUT2D eigenvalue weighted by molar-refractivity contribution is 0.478. The molecule has 0 saturated heterocycles. The lowest BCUT2D eigenvalue weighted by Crippen LogP contribution is -2.35. The van der Waals surface area contributed by atoms with Gasteiger partial charge in [0.1, 0.15) is 0 Å². The number of hydrogen-bond acceptors (Lipinski definition) is 1. The highest BCUT2D eigenvalue weighted by molar-refractivity contribution is 8.46. The number of thioether (sulfide) groups is 1. The Morgan fingerprint density at radius 3 is 1.00 bits per heavy atom. The van der Waals surface area contributed by atoms with Gasteiger partial charge >= 0.3 is 0 Å². The van der Waals surface area contributed by atoms with Crippen LogP contribution in [0.4, 0.5) is 0 Å². The largest absolute Gasteiger partial charge is 0.265 e. The summed E-state index contributed by atoms with van der Waals surface area (Å²) in [5.41, 5.74) is 0. The van der Waals surface area contributed by atoms with Crippen molar-refractivity contribution in [2.75, 3.05) is 49.2 Å². The predicted octanol–water partition coefficient (Wildman–Crippen LogP) is 5.20. The molecule has 0 aromatic heterocycles. The summed E-state index contributed by atoms with van der Waals surface area (Å²) in [5, 5.41) is 0. The van der Waals surface area contributed by atoms with Gasteiger partial charge in [0.15, 0.2) is 0 Å². The van der Waals surface area contributed by atoms with Gasteiger partial charge in [0, 0.05) is 26.2 Å². The zero-order chi connectivity index (χ0) is 17.8. The molecule has 0 saturated carbocycles. The van der Waals surface area contributed by atoms with Crippen LogP contribution >= 0.6 is 32.7 Å². The highest BCUT2D eigenvalue weighted by Crippen LogP contribution is 2.31. The second-order valence-electron chi connectivity index (χ2n) is 5.12. The predicted molar refractivity (Wildman–Crippen MR) is 121 cm³/mol. The fourth-order valence-electron chi connectivity index (χ4n) is 2.55. The van der Waals surface area contributed by atoms with Crippen molar-refractivity contribution in [1.82, 2.24) is 9.80 Å². The van der Waals surface area contributed by atoms with Crippen molar-refractivity contribution in [2.24, 2.45) is 0 Å². The summed E-state index contributed by atoms with van der Waals surface area (Å²) in [6.45, 7) is 23.1. The minimum absolute atomic E-state index is 0.395. The van der Waals surface area contributed by atoms with E-state index in [4.69, 9.17) is 0 Å². The van der Waals surface area contributed by atoms with Crippen molar-refractivity contribution in [2.45, 2.75) is 55.4 Å². The van der Waals surface area contributed by atoms with Crippen molar-refractivity contribution in [3.63, 3.8) is 0 Å². The second kappa shape index (κ2) is 13.9. The average molecular weight is 381 g/mol. The van der Waals surface area contributed by atoms with Crippen LogP contribution in [0.25, 0.3) is 0 Å². The zero-order valence-corrected chi connectivity index (χ0v) is 19.2. The van der Waals surface area contributed by atoms with Crippen molar-refractivity contribution in [3.8, 4) is 0 Å². The highest BCUT2D eigenvalue weighted by Gasteiger charge is 2.19. The molecule has 0 aliphatic heterocycles. The molecule has 0 heterocycles. The van der Waals surface area contributed by atoms with E-state index >= 15 is 0 Å². The Balaban J connectivity index is 5.97. The lowest BCUT2D eigenvalue weighted by atomic mass is 10.6. The molecule has 0 aliphatic carbocycles. The molecule has 0 radical (unpaired) electrons. The second-order valence-corrected chi connectivity index (χ2v) is 11.7. The van der Waals surface area contributed by atoms with Crippen LogP contribution in [0.15, 0.2) is 0 Å². The maximum absolute atomic E-state index is 2.61.